The summed E-state index contributed by atoms with van der Waals surface area (Å²) >= 11 is 1.11. The molecule has 0 radical (unpaired) electrons. The molecule has 0 spiro atoms. The van der Waals surface area contributed by atoms with Crippen molar-refractivity contribution in [3.05, 3.63) is 68.7 Å². The van der Waals surface area contributed by atoms with E-state index in [-0.39, 0.29) is 40.1 Å². The van der Waals surface area contributed by atoms with Gasteiger partial charge in [0.15, 0.2) is 0 Å². The molecule has 1 amide bonds. The molecule has 1 saturated heterocycles. The quantitative estimate of drug-likeness (QED) is 0.287. The SMILES string of the molecule is Cc1c(-c2ncco2)sc2c1c(=O)n(C(C)(C)C(N)=O)c(=O)n2C[C@H](OC1CCOCC1)c1ccccc1OC(F)F. The van der Waals surface area contributed by atoms with Crippen LogP contribution < -0.4 is 21.7 Å². The van der Waals surface area contributed by atoms with E-state index in [1.807, 2.05) is 0 Å². The molecule has 42 heavy (non-hydrogen) atoms. The summed E-state index contributed by atoms with van der Waals surface area (Å²) in [4.78, 5) is 45.5. The van der Waals surface area contributed by atoms with Crippen LogP contribution in [0, 0.1) is 6.92 Å². The molecule has 224 valence electrons. The van der Waals surface area contributed by atoms with Crippen LogP contribution in [0.3, 0.4) is 0 Å². The molecule has 0 unspecified atom stereocenters. The van der Waals surface area contributed by atoms with Gasteiger partial charge in [0.1, 0.15) is 28.5 Å². The van der Waals surface area contributed by atoms with E-state index >= 15 is 0 Å². The number of benzene rings is 1. The Labute approximate surface area is 242 Å². The van der Waals surface area contributed by atoms with Crippen LogP contribution in [0.4, 0.5) is 8.78 Å². The highest BCUT2D eigenvalue weighted by Gasteiger charge is 2.35. The molecule has 1 aliphatic rings. The topological polar surface area (TPSA) is 141 Å². The van der Waals surface area contributed by atoms with Crippen molar-refractivity contribution < 1.29 is 32.2 Å². The first-order chi connectivity index (χ1) is 20.0. The second-order valence-corrected chi connectivity index (χ2v) is 11.4. The number of oxazole rings is 1. The molecule has 0 aliphatic carbocycles. The van der Waals surface area contributed by atoms with Crippen molar-refractivity contribution in [1.82, 2.24) is 14.1 Å². The van der Waals surface area contributed by atoms with Crippen LogP contribution in [-0.2, 0) is 26.4 Å². The predicted molar refractivity (Wildman–Crippen MR) is 150 cm³/mol. The fourth-order valence-electron chi connectivity index (χ4n) is 5.02. The number of primary amides is 1. The van der Waals surface area contributed by atoms with E-state index in [4.69, 9.17) is 24.4 Å². The van der Waals surface area contributed by atoms with Crippen LogP contribution in [-0.4, -0.2) is 46.0 Å². The Balaban J connectivity index is 1.75. The van der Waals surface area contributed by atoms with Gasteiger partial charge >= 0.3 is 12.3 Å². The molecule has 11 nitrogen and oxygen atoms in total. The highest BCUT2D eigenvalue weighted by Crippen LogP contribution is 2.38. The fraction of sp³-hybridized carbons (Fsp3) is 0.429. The number of nitrogens with two attached hydrogens (primary N) is 1. The van der Waals surface area contributed by atoms with Crippen LogP contribution >= 0.6 is 11.3 Å². The van der Waals surface area contributed by atoms with Crippen molar-refractivity contribution in [3.8, 4) is 16.5 Å². The average Bonchev–Trinajstić information content (AvgIpc) is 3.59. The molecule has 4 aromatic rings. The van der Waals surface area contributed by atoms with Gasteiger partial charge in [0, 0.05) is 18.8 Å². The maximum absolute atomic E-state index is 14.1. The van der Waals surface area contributed by atoms with Crippen LogP contribution in [0.5, 0.6) is 5.75 Å². The van der Waals surface area contributed by atoms with Crippen molar-refractivity contribution >= 4 is 27.5 Å². The number of rotatable bonds is 10. The Hall–Kier alpha value is -3.88. The number of halogens is 2. The number of ether oxygens (including phenoxy) is 3. The first-order valence-corrected chi connectivity index (χ1v) is 14.1. The zero-order valence-corrected chi connectivity index (χ0v) is 24.0. The largest absolute Gasteiger partial charge is 0.444 e. The molecule has 3 aromatic heterocycles. The smallest absolute Gasteiger partial charge is 0.387 e. The van der Waals surface area contributed by atoms with Crippen molar-refractivity contribution in [3.63, 3.8) is 0 Å². The van der Waals surface area contributed by atoms with E-state index in [1.54, 1.807) is 25.1 Å². The first-order valence-electron chi connectivity index (χ1n) is 13.3. The van der Waals surface area contributed by atoms with Crippen molar-refractivity contribution in [2.75, 3.05) is 13.2 Å². The van der Waals surface area contributed by atoms with Gasteiger partial charge in [0.2, 0.25) is 11.8 Å². The van der Waals surface area contributed by atoms with Crippen LogP contribution in [0.1, 0.15) is 43.9 Å². The summed E-state index contributed by atoms with van der Waals surface area (Å²) < 4.78 is 51.1. The van der Waals surface area contributed by atoms with E-state index in [9.17, 15) is 23.2 Å². The fourth-order valence-corrected chi connectivity index (χ4v) is 6.27. The molecule has 4 heterocycles. The molecule has 5 rings (SSSR count). The minimum absolute atomic E-state index is 0.109. The molecule has 0 saturated carbocycles. The van der Waals surface area contributed by atoms with Crippen LogP contribution in [0.2, 0.25) is 0 Å². The Kier molecular flexibility index (Phi) is 8.30. The summed E-state index contributed by atoms with van der Waals surface area (Å²) in [6.07, 6.45) is 2.70. The first kappa shape index (κ1) is 29.6. The maximum atomic E-state index is 14.1. The van der Waals surface area contributed by atoms with Gasteiger partial charge in [-0.05, 0) is 45.2 Å². The number of aryl methyl sites for hydroxylation is 1. The van der Waals surface area contributed by atoms with Gasteiger partial charge in [-0.1, -0.05) is 18.2 Å². The molecule has 1 atom stereocenters. The third-order valence-electron chi connectivity index (χ3n) is 7.36. The second-order valence-electron chi connectivity index (χ2n) is 10.4. The van der Waals surface area contributed by atoms with Gasteiger partial charge in [-0.15, -0.1) is 11.3 Å². The molecule has 14 heteroatoms. The molecule has 1 aromatic carbocycles. The number of nitrogens with zero attached hydrogens (tertiary/aromatic N) is 3. The third-order valence-corrected chi connectivity index (χ3v) is 8.66. The molecule has 2 N–H and O–H groups in total. The summed E-state index contributed by atoms with van der Waals surface area (Å²) in [7, 11) is 0. The Morgan fingerprint density at radius 1 is 1.24 bits per heavy atom. The van der Waals surface area contributed by atoms with Gasteiger partial charge in [-0.25, -0.2) is 14.3 Å². The summed E-state index contributed by atoms with van der Waals surface area (Å²) in [6.45, 7) is 2.08. The highest BCUT2D eigenvalue weighted by atomic mass is 32.1. The van der Waals surface area contributed by atoms with E-state index in [0.717, 1.165) is 15.9 Å². The van der Waals surface area contributed by atoms with Gasteiger partial charge < -0.3 is 24.4 Å². The number of hydrogen-bond acceptors (Lipinski definition) is 9. The molecule has 1 aliphatic heterocycles. The minimum atomic E-state index is -3.09. The predicted octanol–water partition coefficient (Wildman–Crippen LogP) is 3.95. The minimum Gasteiger partial charge on any atom is -0.444 e. The number of hydrogen-bond donors (Lipinski definition) is 1. The Morgan fingerprint density at radius 2 is 1.95 bits per heavy atom. The average molecular weight is 605 g/mol. The Bertz CT molecular complexity index is 1710. The number of carbonyl (C=O) groups is 1. The highest BCUT2D eigenvalue weighted by molar-refractivity contribution is 7.22. The maximum Gasteiger partial charge on any atom is 0.387 e. The van der Waals surface area contributed by atoms with Gasteiger partial charge in [0.05, 0.1) is 29.1 Å². The third kappa shape index (κ3) is 5.49. The van der Waals surface area contributed by atoms with Crippen molar-refractivity contribution in [2.45, 2.75) is 64.5 Å². The summed E-state index contributed by atoms with van der Waals surface area (Å²) in [5.41, 5.74) is 3.21. The lowest BCUT2D eigenvalue weighted by atomic mass is 10.0. The van der Waals surface area contributed by atoms with Crippen molar-refractivity contribution in [1.29, 1.82) is 0 Å². The normalized spacial score (nSPS) is 15.4. The monoisotopic (exact) mass is 604 g/mol. The summed E-state index contributed by atoms with van der Waals surface area (Å²) in [6, 6.07) is 6.19. The van der Waals surface area contributed by atoms with Crippen LogP contribution in [0.15, 0.2) is 50.7 Å². The zero-order valence-electron chi connectivity index (χ0n) is 23.2. The number of thiophene rings is 1. The van der Waals surface area contributed by atoms with E-state index in [0.29, 0.717) is 36.5 Å². The van der Waals surface area contributed by atoms with Crippen molar-refractivity contribution in [2.24, 2.45) is 5.73 Å². The number of fused-ring (bicyclic) bond motifs is 1. The van der Waals surface area contributed by atoms with Gasteiger partial charge in [-0.2, -0.15) is 8.78 Å². The number of para-hydroxylation sites is 1. The summed E-state index contributed by atoms with van der Waals surface area (Å²) in [5, 5.41) is 0.170. The lowest BCUT2D eigenvalue weighted by Gasteiger charge is -2.30. The molecular weight excluding hydrogens is 574 g/mol. The number of amides is 1. The lowest BCUT2D eigenvalue weighted by molar-refractivity contribution is -0.125. The van der Waals surface area contributed by atoms with E-state index in [2.05, 4.69) is 4.98 Å². The van der Waals surface area contributed by atoms with Gasteiger partial charge in [0.25, 0.3) is 5.56 Å². The molecule has 0 bridgehead atoms. The standard InChI is InChI=1S/C28H30F2N4O7S/c1-15-20-23(35)34(28(2,3)25(31)36)27(37)33(24(20)42-21(15)22-32-10-13-39-22)14-19(40-16-8-11-38-12-9-16)17-6-4-5-7-18(17)41-26(29)30/h4-7,10,13,16,19,26H,8-9,11-12,14H2,1-3H3,(H2,31,36)/t19-/m0/s1. The Morgan fingerprint density at radius 3 is 2.60 bits per heavy atom. The lowest BCUT2D eigenvalue weighted by Crippen LogP contribution is -2.54. The number of alkyl halides is 2. The summed E-state index contributed by atoms with van der Waals surface area (Å²) in [5.74, 6) is -0.750. The van der Waals surface area contributed by atoms with Gasteiger partial charge in [-0.3, -0.25) is 14.2 Å². The van der Waals surface area contributed by atoms with E-state index < -0.39 is 35.4 Å². The zero-order chi connectivity index (χ0) is 30.2. The number of aromatic nitrogens is 3. The molecule has 1 fully saturated rings. The number of carbonyl (C=O) groups excluding carboxylic acids is 1. The van der Waals surface area contributed by atoms with Crippen LogP contribution in [0.25, 0.3) is 21.0 Å². The molecular formula is C28H30F2N4O7S. The second kappa shape index (κ2) is 11.8. The van der Waals surface area contributed by atoms with E-state index in [1.165, 1.54) is 36.9 Å².